The summed E-state index contributed by atoms with van der Waals surface area (Å²) in [6.07, 6.45) is 1.75. The van der Waals surface area contributed by atoms with E-state index in [2.05, 4.69) is 21.0 Å². The molecule has 1 aliphatic rings. The maximum absolute atomic E-state index is 13.4. The molecule has 3 aromatic carbocycles. The number of halogens is 3. The van der Waals surface area contributed by atoms with Gasteiger partial charge in [0.25, 0.3) is 5.91 Å². The van der Waals surface area contributed by atoms with Crippen molar-refractivity contribution in [2.24, 2.45) is 5.10 Å². The van der Waals surface area contributed by atoms with E-state index in [1.165, 1.54) is 17.1 Å². The fraction of sp³-hybridized carbons (Fsp3) is 0.0833. The van der Waals surface area contributed by atoms with Crippen LogP contribution in [0.25, 0.3) is 6.08 Å². The highest BCUT2D eigenvalue weighted by Gasteiger charge is 2.28. The summed E-state index contributed by atoms with van der Waals surface area (Å²) in [7, 11) is 0. The summed E-state index contributed by atoms with van der Waals surface area (Å²) in [4.78, 5) is 12.9. The van der Waals surface area contributed by atoms with E-state index in [-0.39, 0.29) is 18.3 Å². The third kappa shape index (κ3) is 4.70. The number of para-hydroxylation sites is 1. The van der Waals surface area contributed by atoms with Crippen molar-refractivity contribution in [3.05, 3.63) is 98.7 Å². The number of nitrogens with zero attached hydrogens (tertiary/aromatic N) is 2. The predicted molar refractivity (Wildman–Crippen MR) is 125 cm³/mol. The van der Waals surface area contributed by atoms with Gasteiger partial charge < -0.3 is 4.74 Å². The molecule has 0 unspecified atom stereocenters. The first kappa shape index (κ1) is 21.3. The summed E-state index contributed by atoms with van der Waals surface area (Å²) in [5.74, 6) is -0.0828. The normalized spacial score (nSPS) is 14.8. The predicted octanol–water partition coefficient (Wildman–Crippen LogP) is 6.63. The molecule has 156 valence electrons. The van der Waals surface area contributed by atoms with E-state index < -0.39 is 0 Å². The number of hydrogen-bond acceptors (Lipinski definition) is 3. The van der Waals surface area contributed by atoms with E-state index in [0.29, 0.717) is 37.8 Å². The lowest BCUT2D eigenvalue weighted by atomic mass is 10.1. The zero-order valence-electron chi connectivity index (χ0n) is 16.5. The van der Waals surface area contributed by atoms with Gasteiger partial charge in [0.2, 0.25) is 0 Å². The molecule has 4 nitrogen and oxygen atoms in total. The maximum atomic E-state index is 13.4. The first-order valence-corrected chi connectivity index (χ1v) is 10.6. The Hall–Kier alpha value is -2.96. The van der Waals surface area contributed by atoms with Gasteiger partial charge in [0.05, 0.1) is 26.5 Å². The highest BCUT2D eigenvalue weighted by atomic mass is 79.9. The summed E-state index contributed by atoms with van der Waals surface area (Å²) in [5, 5.41) is 6.14. The number of amides is 1. The summed E-state index contributed by atoms with van der Waals surface area (Å²) in [6.45, 7) is 1.96. The minimum Gasteiger partial charge on any atom is -0.486 e. The molecule has 0 atom stereocenters. The summed E-state index contributed by atoms with van der Waals surface area (Å²) < 4.78 is 19.8. The number of carbonyl (C=O) groups is 1. The van der Waals surface area contributed by atoms with E-state index >= 15 is 0 Å². The standard InChI is InChI=1S/C24H17BrClFN2O2/c1-15-20(24(30)29(28-15)19-8-3-2-4-9-19)11-17-12-21(25)23(22(26)13-17)31-14-16-6-5-7-18(27)10-16/h2-13H,14H2,1H3/b20-11+. The van der Waals surface area contributed by atoms with Crippen molar-refractivity contribution in [3.63, 3.8) is 0 Å². The molecule has 0 fully saturated rings. The van der Waals surface area contributed by atoms with Crippen LogP contribution in [0, 0.1) is 5.82 Å². The van der Waals surface area contributed by atoms with Crippen LogP contribution in [-0.2, 0) is 11.4 Å². The molecule has 1 heterocycles. The maximum Gasteiger partial charge on any atom is 0.280 e. The van der Waals surface area contributed by atoms with Crippen molar-refractivity contribution >= 4 is 50.9 Å². The van der Waals surface area contributed by atoms with Crippen LogP contribution in [0.15, 0.2) is 81.9 Å². The molecule has 7 heteroatoms. The first-order valence-electron chi connectivity index (χ1n) is 9.45. The van der Waals surface area contributed by atoms with Gasteiger partial charge in [0.15, 0.2) is 5.75 Å². The molecule has 0 aromatic heterocycles. The average molecular weight is 500 g/mol. The van der Waals surface area contributed by atoms with Crippen LogP contribution < -0.4 is 9.75 Å². The summed E-state index contributed by atoms with van der Waals surface area (Å²) in [5.41, 5.74) is 3.23. The lowest BCUT2D eigenvalue weighted by Crippen LogP contribution is -2.21. The van der Waals surface area contributed by atoms with Gasteiger partial charge in [-0.05, 0) is 76.5 Å². The van der Waals surface area contributed by atoms with Crippen molar-refractivity contribution in [2.75, 3.05) is 5.01 Å². The van der Waals surface area contributed by atoms with Crippen molar-refractivity contribution in [1.29, 1.82) is 0 Å². The molecule has 0 N–H and O–H groups in total. The Kier molecular flexibility index (Phi) is 6.20. The Labute approximate surface area is 192 Å². The molecule has 4 rings (SSSR count). The van der Waals surface area contributed by atoms with Crippen LogP contribution in [-0.4, -0.2) is 11.6 Å². The Bertz CT molecular complexity index is 1190. The Balaban J connectivity index is 1.56. The number of hydrazone groups is 1. The average Bonchev–Trinajstić information content (AvgIpc) is 3.02. The zero-order chi connectivity index (χ0) is 22.0. The number of carbonyl (C=O) groups excluding carboxylic acids is 1. The third-order valence-corrected chi connectivity index (χ3v) is 5.54. The second-order valence-corrected chi connectivity index (χ2v) is 8.19. The zero-order valence-corrected chi connectivity index (χ0v) is 18.8. The van der Waals surface area contributed by atoms with Gasteiger partial charge >= 0.3 is 0 Å². The SMILES string of the molecule is CC1=NN(c2ccccc2)C(=O)/C1=C/c1cc(Cl)c(OCc2cccc(F)c2)c(Br)c1. The van der Waals surface area contributed by atoms with Gasteiger partial charge in [0.1, 0.15) is 12.4 Å². The largest absolute Gasteiger partial charge is 0.486 e. The molecule has 0 saturated heterocycles. The molecule has 3 aromatic rings. The van der Waals surface area contributed by atoms with Gasteiger partial charge in [-0.25, -0.2) is 4.39 Å². The van der Waals surface area contributed by atoms with Crippen molar-refractivity contribution < 1.29 is 13.9 Å². The Morgan fingerprint density at radius 3 is 2.61 bits per heavy atom. The summed E-state index contributed by atoms with van der Waals surface area (Å²) >= 11 is 9.91. The third-order valence-electron chi connectivity index (χ3n) is 4.67. The van der Waals surface area contributed by atoms with E-state index in [1.807, 2.05) is 36.4 Å². The Morgan fingerprint density at radius 1 is 1.13 bits per heavy atom. The van der Waals surface area contributed by atoms with Gasteiger partial charge in [-0.3, -0.25) is 4.79 Å². The van der Waals surface area contributed by atoms with Gasteiger partial charge in [-0.15, -0.1) is 0 Å². The van der Waals surface area contributed by atoms with Crippen molar-refractivity contribution in [1.82, 2.24) is 0 Å². The summed E-state index contributed by atoms with van der Waals surface area (Å²) in [6, 6.07) is 19.0. The van der Waals surface area contributed by atoms with E-state index in [4.69, 9.17) is 16.3 Å². The number of anilines is 1. The van der Waals surface area contributed by atoms with E-state index in [0.717, 1.165) is 5.56 Å². The number of rotatable bonds is 5. The van der Waals surface area contributed by atoms with Gasteiger partial charge in [-0.1, -0.05) is 41.9 Å². The number of ether oxygens (including phenoxy) is 1. The van der Waals surface area contributed by atoms with Crippen LogP contribution in [0.3, 0.4) is 0 Å². The molecule has 1 aliphatic heterocycles. The molecular weight excluding hydrogens is 483 g/mol. The van der Waals surface area contributed by atoms with Crippen LogP contribution in [0.1, 0.15) is 18.1 Å². The van der Waals surface area contributed by atoms with Crippen LogP contribution in [0.5, 0.6) is 5.75 Å². The van der Waals surface area contributed by atoms with E-state index in [1.54, 1.807) is 31.2 Å². The highest BCUT2D eigenvalue weighted by molar-refractivity contribution is 9.10. The molecular formula is C24H17BrClFN2O2. The number of benzene rings is 3. The number of hydrogen-bond donors (Lipinski definition) is 0. The minimum atomic E-state index is -0.323. The van der Waals surface area contributed by atoms with Crippen LogP contribution in [0.2, 0.25) is 5.02 Å². The quantitative estimate of drug-likeness (QED) is 0.370. The van der Waals surface area contributed by atoms with Crippen LogP contribution in [0.4, 0.5) is 10.1 Å². The fourth-order valence-electron chi connectivity index (χ4n) is 3.18. The van der Waals surface area contributed by atoms with E-state index in [9.17, 15) is 9.18 Å². The highest BCUT2D eigenvalue weighted by Crippen LogP contribution is 2.36. The Morgan fingerprint density at radius 2 is 1.90 bits per heavy atom. The molecule has 0 saturated carbocycles. The molecule has 0 bridgehead atoms. The monoisotopic (exact) mass is 498 g/mol. The topological polar surface area (TPSA) is 41.9 Å². The van der Waals surface area contributed by atoms with Crippen molar-refractivity contribution in [2.45, 2.75) is 13.5 Å². The second kappa shape index (κ2) is 9.04. The fourth-order valence-corrected chi connectivity index (χ4v) is 4.17. The lowest BCUT2D eigenvalue weighted by Gasteiger charge is -2.12. The van der Waals surface area contributed by atoms with Gasteiger partial charge in [-0.2, -0.15) is 10.1 Å². The molecule has 0 radical (unpaired) electrons. The second-order valence-electron chi connectivity index (χ2n) is 6.93. The smallest absolute Gasteiger partial charge is 0.280 e. The first-order chi connectivity index (χ1) is 14.9. The molecule has 1 amide bonds. The molecule has 0 spiro atoms. The molecule has 31 heavy (non-hydrogen) atoms. The van der Waals surface area contributed by atoms with Gasteiger partial charge in [0, 0.05) is 0 Å². The van der Waals surface area contributed by atoms with Crippen molar-refractivity contribution in [3.8, 4) is 5.75 Å². The van der Waals surface area contributed by atoms with Crippen LogP contribution >= 0.6 is 27.5 Å². The molecule has 0 aliphatic carbocycles. The lowest BCUT2D eigenvalue weighted by molar-refractivity contribution is -0.114. The minimum absolute atomic E-state index is 0.173.